The van der Waals surface area contributed by atoms with Crippen molar-refractivity contribution < 1.29 is 4.79 Å². The van der Waals surface area contributed by atoms with Crippen LogP contribution in [0.15, 0.2) is 0 Å². The molecule has 3 N–H and O–H groups in total. The summed E-state index contributed by atoms with van der Waals surface area (Å²) >= 11 is 0. The van der Waals surface area contributed by atoms with Crippen LogP contribution in [-0.2, 0) is 4.79 Å². The molecular formula is C7H16N4O. The van der Waals surface area contributed by atoms with Crippen LogP contribution >= 0.6 is 0 Å². The molecule has 5 heteroatoms. The van der Waals surface area contributed by atoms with Gasteiger partial charge in [0, 0.05) is 19.6 Å². The molecule has 1 atom stereocenters. The molecule has 0 aromatic heterocycles. The third-order valence-electron chi connectivity index (χ3n) is 2.30. The molecule has 0 radical (unpaired) electrons. The maximum absolute atomic E-state index is 11.2. The summed E-state index contributed by atoms with van der Waals surface area (Å²) in [6.07, 6.45) is 0. The number of hydrogen-bond acceptors (Lipinski definition) is 4. The number of nitrogens with zero attached hydrogens (tertiary/aromatic N) is 2. The summed E-state index contributed by atoms with van der Waals surface area (Å²) in [4.78, 5) is 15.4. The quantitative estimate of drug-likeness (QED) is 0.279. The lowest BCUT2D eigenvalue weighted by Gasteiger charge is -2.36. The van der Waals surface area contributed by atoms with Gasteiger partial charge in [-0.3, -0.25) is 15.1 Å². The number of nitrogens with two attached hydrogens (primary N) is 1. The Balaban J connectivity index is 2.54. The van der Waals surface area contributed by atoms with E-state index in [0.717, 1.165) is 19.6 Å². The number of rotatable bonds is 1. The van der Waals surface area contributed by atoms with Crippen LogP contribution in [0.3, 0.4) is 0 Å². The van der Waals surface area contributed by atoms with Crippen molar-refractivity contribution in [2.45, 2.75) is 6.04 Å². The fourth-order valence-corrected chi connectivity index (χ4v) is 1.39. The second-order valence-electron chi connectivity index (χ2n) is 3.27. The first-order valence-electron chi connectivity index (χ1n) is 4.04. The van der Waals surface area contributed by atoms with E-state index in [1.165, 1.54) is 0 Å². The minimum Gasteiger partial charge on any atom is -0.303 e. The average Bonchev–Trinajstić information content (AvgIpc) is 2.08. The summed E-state index contributed by atoms with van der Waals surface area (Å²) in [6.45, 7) is 2.67. The second kappa shape index (κ2) is 3.84. The minimum atomic E-state index is -0.107. The van der Waals surface area contributed by atoms with Crippen molar-refractivity contribution in [1.29, 1.82) is 0 Å². The summed E-state index contributed by atoms with van der Waals surface area (Å²) in [7, 11) is 3.94. The number of hydrogen-bond donors (Lipinski definition) is 2. The number of amides is 1. The van der Waals surface area contributed by atoms with Crippen molar-refractivity contribution in [2.24, 2.45) is 5.84 Å². The van der Waals surface area contributed by atoms with Crippen LogP contribution in [0.2, 0.25) is 0 Å². The van der Waals surface area contributed by atoms with Crippen LogP contribution in [0.4, 0.5) is 0 Å². The Labute approximate surface area is 72.5 Å². The Hall–Kier alpha value is -0.650. The summed E-state index contributed by atoms with van der Waals surface area (Å²) < 4.78 is 0. The standard InChI is InChI=1S/C7H16N4O/c1-10-3-4-11(2)6(5-10)7(12)9-8/h6H,3-5,8H2,1-2H3,(H,9,12). The normalized spacial score (nSPS) is 27.1. The van der Waals surface area contributed by atoms with Gasteiger partial charge < -0.3 is 4.90 Å². The Morgan fingerprint density at radius 1 is 1.50 bits per heavy atom. The zero-order chi connectivity index (χ0) is 9.14. The highest BCUT2D eigenvalue weighted by Crippen LogP contribution is 2.04. The van der Waals surface area contributed by atoms with Gasteiger partial charge in [-0.2, -0.15) is 0 Å². The van der Waals surface area contributed by atoms with Gasteiger partial charge in [-0.15, -0.1) is 0 Å². The first-order valence-corrected chi connectivity index (χ1v) is 4.04. The van der Waals surface area contributed by atoms with Gasteiger partial charge in [0.25, 0.3) is 5.91 Å². The molecule has 12 heavy (non-hydrogen) atoms. The van der Waals surface area contributed by atoms with Gasteiger partial charge in [-0.1, -0.05) is 0 Å². The van der Waals surface area contributed by atoms with E-state index in [1.807, 2.05) is 19.0 Å². The van der Waals surface area contributed by atoms with Crippen molar-refractivity contribution in [1.82, 2.24) is 15.2 Å². The maximum Gasteiger partial charge on any atom is 0.252 e. The zero-order valence-electron chi connectivity index (χ0n) is 7.58. The Morgan fingerprint density at radius 2 is 2.17 bits per heavy atom. The number of nitrogens with one attached hydrogen (secondary N) is 1. The van der Waals surface area contributed by atoms with E-state index in [9.17, 15) is 4.79 Å². The molecule has 0 aromatic carbocycles. The first kappa shape index (κ1) is 9.44. The predicted molar refractivity (Wildman–Crippen MR) is 46.2 cm³/mol. The SMILES string of the molecule is CN1CCN(C)C(C(=O)NN)C1. The van der Waals surface area contributed by atoms with E-state index in [1.54, 1.807) is 0 Å². The van der Waals surface area contributed by atoms with Crippen molar-refractivity contribution in [3.05, 3.63) is 0 Å². The topological polar surface area (TPSA) is 61.6 Å². The molecular weight excluding hydrogens is 156 g/mol. The van der Waals surface area contributed by atoms with E-state index in [4.69, 9.17) is 5.84 Å². The smallest absolute Gasteiger partial charge is 0.252 e. The molecule has 0 saturated carbocycles. The molecule has 1 rings (SSSR count). The van der Waals surface area contributed by atoms with Crippen LogP contribution in [0.25, 0.3) is 0 Å². The van der Waals surface area contributed by atoms with Gasteiger partial charge in [0.15, 0.2) is 0 Å². The van der Waals surface area contributed by atoms with Gasteiger partial charge >= 0.3 is 0 Å². The number of carbonyl (C=O) groups is 1. The molecule has 1 heterocycles. The second-order valence-corrected chi connectivity index (χ2v) is 3.27. The minimum absolute atomic E-state index is 0.103. The third-order valence-corrected chi connectivity index (χ3v) is 2.30. The summed E-state index contributed by atoms with van der Waals surface area (Å²) in [5.74, 6) is 4.96. The van der Waals surface area contributed by atoms with Gasteiger partial charge in [-0.05, 0) is 14.1 Å². The van der Waals surface area contributed by atoms with Crippen LogP contribution in [0.5, 0.6) is 0 Å². The molecule has 0 aliphatic carbocycles. The van der Waals surface area contributed by atoms with E-state index in [0.29, 0.717) is 0 Å². The number of piperazine rings is 1. The average molecular weight is 172 g/mol. The van der Waals surface area contributed by atoms with Crippen molar-refractivity contribution >= 4 is 5.91 Å². The molecule has 1 amide bonds. The molecule has 70 valence electrons. The Kier molecular flexibility index (Phi) is 3.02. The largest absolute Gasteiger partial charge is 0.303 e. The highest BCUT2D eigenvalue weighted by atomic mass is 16.2. The summed E-state index contributed by atoms with van der Waals surface area (Å²) in [5.41, 5.74) is 2.18. The van der Waals surface area contributed by atoms with Crippen LogP contribution in [0.1, 0.15) is 0 Å². The third kappa shape index (κ3) is 1.94. The molecule has 1 aliphatic rings. The molecule has 0 aromatic rings. The lowest BCUT2D eigenvalue weighted by atomic mass is 10.2. The molecule has 1 saturated heterocycles. The van der Waals surface area contributed by atoms with Gasteiger partial charge in [0.2, 0.25) is 0 Å². The van der Waals surface area contributed by atoms with Gasteiger partial charge in [0.1, 0.15) is 6.04 Å². The highest BCUT2D eigenvalue weighted by Gasteiger charge is 2.27. The van der Waals surface area contributed by atoms with E-state index in [-0.39, 0.29) is 11.9 Å². The van der Waals surface area contributed by atoms with Gasteiger partial charge in [-0.25, -0.2) is 5.84 Å². The number of hydrazine groups is 1. The highest BCUT2D eigenvalue weighted by molar-refractivity contribution is 5.81. The van der Waals surface area contributed by atoms with Crippen molar-refractivity contribution in [3.63, 3.8) is 0 Å². The van der Waals surface area contributed by atoms with E-state index >= 15 is 0 Å². The molecule has 0 spiro atoms. The lowest BCUT2D eigenvalue weighted by molar-refractivity contribution is -0.127. The predicted octanol–water partition coefficient (Wildman–Crippen LogP) is -1.78. The van der Waals surface area contributed by atoms with Crippen molar-refractivity contribution in [2.75, 3.05) is 33.7 Å². The van der Waals surface area contributed by atoms with E-state index in [2.05, 4.69) is 10.3 Å². The van der Waals surface area contributed by atoms with E-state index < -0.39 is 0 Å². The Bertz CT molecular complexity index is 173. The summed E-state index contributed by atoms with van der Waals surface area (Å²) in [5, 5.41) is 0. The van der Waals surface area contributed by atoms with Crippen LogP contribution < -0.4 is 11.3 Å². The molecule has 1 aliphatic heterocycles. The number of carbonyl (C=O) groups excluding carboxylic acids is 1. The van der Waals surface area contributed by atoms with Crippen molar-refractivity contribution in [3.8, 4) is 0 Å². The molecule has 0 bridgehead atoms. The first-order chi connectivity index (χ1) is 5.65. The van der Waals surface area contributed by atoms with Crippen LogP contribution in [-0.4, -0.2) is 55.5 Å². The lowest BCUT2D eigenvalue weighted by Crippen LogP contribution is -2.57. The number of likely N-dealkylation sites (N-methyl/N-ethyl adjacent to an activating group) is 2. The Morgan fingerprint density at radius 3 is 2.75 bits per heavy atom. The fraction of sp³-hybridized carbons (Fsp3) is 0.857. The molecule has 1 fully saturated rings. The summed E-state index contributed by atoms with van der Waals surface area (Å²) in [6, 6.07) is -0.103. The van der Waals surface area contributed by atoms with Crippen LogP contribution in [0, 0.1) is 0 Å². The fourth-order valence-electron chi connectivity index (χ4n) is 1.39. The molecule has 1 unspecified atom stereocenters. The zero-order valence-corrected chi connectivity index (χ0v) is 7.58. The van der Waals surface area contributed by atoms with Gasteiger partial charge in [0.05, 0.1) is 0 Å². The molecule has 5 nitrogen and oxygen atoms in total. The monoisotopic (exact) mass is 172 g/mol. The maximum atomic E-state index is 11.2.